The first-order valence-corrected chi connectivity index (χ1v) is 6.38. The molecule has 1 fully saturated rings. The Morgan fingerprint density at radius 3 is 2.35 bits per heavy atom. The van der Waals surface area contributed by atoms with Crippen LogP contribution in [0.1, 0.15) is 25.3 Å². The van der Waals surface area contributed by atoms with Gasteiger partial charge >= 0.3 is 5.97 Å². The molecule has 0 aromatic heterocycles. The lowest BCUT2D eigenvalue weighted by atomic mass is 9.94. The maximum atomic E-state index is 12.2. The molecule has 6 heteroatoms. The number of nitrogens with one attached hydrogen (secondary N) is 1. The Bertz CT molecular complexity index is 533. The predicted octanol–water partition coefficient (Wildman–Crippen LogP) is 0.252. The predicted molar refractivity (Wildman–Crippen MR) is 73.0 cm³/mol. The van der Waals surface area contributed by atoms with E-state index in [1.807, 2.05) is 0 Å². The van der Waals surface area contributed by atoms with Crippen LogP contribution in [0.15, 0.2) is 24.3 Å². The maximum Gasteiger partial charge on any atom is 0.337 e. The maximum absolute atomic E-state index is 12.2. The van der Waals surface area contributed by atoms with Crippen LogP contribution in [0.4, 0.5) is 5.69 Å². The van der Waals surface area contributed by atoms with Crippen LogP contribution in [-0.4, -0.2) is 34.2 Å². The number of benzene rings is 1. The van der Waals surface area contributed by atoms with E-state index in [2.05, 4.69) is 5.32 Å². The monoisotopic (exact) mass is 278 g/mol. The Morgan fingerprint density at radius 1 is 1.35 bits per heavy atom. The molecule has 6 nitrogen and oxygen atoms in total. The van der Waals surface area contributed by atoms with Gasteiger partial charge in [0.1, 0.15) is 0 Å². The second-order valence-corrected chi connectivity index (χ2v) is 5.47. The van der Waals surface area contributed by atoms with Crippen molar-refractivity contribution >= 4 is 17.6 Å². The first kappa shape index (κ1) is 14.3. The normalized spacial score (nSPS) is 18.9. The van der Waals surface area contributed by atoms with E-state index in [1.165, 1.54) is 0 Å². The molecule has 1 aliphatic carbocycles. The summed E-state index contributed by atoms with van der Waals surface area (Å²) in [5.41, 5.74) is 4.53. The molecule has 0 saturated heterocycles. The Balaban J connectivity index is 2.06. The summed E-state index contributed by atoms with van der Waals surface area (Å²) in [6, 6.07) is 7.07. The number of aliphatic carboxylic acids is 1. The van der Waals surface area contributed by atoms with Crippen LogP contribution < -0.4 is 11.1 Å². The molecule has 1 amide bonds. The van der Waals surface area contributed by atoms with Gasteiger partial charge in [-0.05, 0) is 37.5 Å². The van der Waals surface area contributed by atoms with Gasteiger partial charge in [-0.1, -0.05) is 12.1 Å². The second-order valence-electron chi connectivity index (χ2n) is 5.47. The van der Waals surface area contributed by atoms with Crippen molar-refractivity contribution in [3.63, 3.8) is 0 Å². The van der Waals surface area contributed by atoms with Crippen molar-refractivity contribution in [3.8, 4) is 0 Å². The number of hydrogen-bond donors (Lipinski definition) is 4. The summed E-state index contributed by atoms with van der Waals surface area (Å²) >= 11 is 0. The molecule has 0 aliphatic heterocycles. The van der Waals surface area contributed by atoms with Gasteiger partial charge in [0.05, 0.1) is 12.0 Å². The zero-order valence-electron chi connectivity index (χ0n) is 11.2. The Kier molecular flexibility index (Phi) is 3.43. The van der Waals surface area contributed by atoms with Gasteiger partial charge in [0.15, 0.2) is 5.60 Å². The first-order chi connectivity index (χ1) is 9.28. The third kappa shape index (κ3) is 2.60. The number of anilines is 1. The van der Waals surface area contributed by atoms with Crippen molar-refractivity contribution in [2.24, 2.45) is 0 Å². The van der Waals surface area contributed by atoms with Gasteiger partial charge < -0.3 is 21.3 Å². The van der Waals surface area contributed by atoms with Gasteiger partial charge in [-0.2, -0.15) is 0 Å². The summed E-state index contributed by atoms with van der Waals surface area (Å²) in [5.74, 6) is -1.63. The van der Waals surface area contributed by atoms with E-state index in [9.17, 15) is 14.7 Å². The summed E-state index contributed by atoms with van der Waals surface area (Å²) in [4.78, 5) is 23.0. The van der Waals surface area contributed by atoms with E-state index < -0.39 is 17.0 Å². The zero-order valence-corrected chi connectivity index (χ0v) is 11.2. The molecular weight excluding hydrogens is 260 g/mol. The number of carbonyl (C=O) groups excluding carboxylic acids is 1. The molecule has 1 aromatic carbocycles. The van der Waals surface area contributed by atoms with Crippen LogP contribution >= 0.6 is 0 Å². The summed E-state index contributed by atoms with van der Waals surface area (Å²) < 4.78 is 0. The highest BCUT2D eigenvalue weighted by atomic mass is 16.4. The second kappa shape index (κ2) is 4.79. The van der Waals surface area contributed by atoms with Crippen LogP contribution in [0, 0.1) is 0 Å². The molecule has 2 rings (SSSR count). The zero-order chi connectivity index (χ0) is 15.0. The lowest BCUT2D eigenvalue weighted by Gasteiger charge is -2.21. The molecule has 1 saturated carbocycles. The van der Waals surface area contributed by atoms with Gasteiger partial charge in [0, 0.05) is 5.69 Å². The molecule has 1 aliphatic rings. The summed E-state index contributed by atoms with van der Waals surface area (Å²) in [7, 11) is 0. The number of aliphatic hydroxyl groups is 1. The number of carboxylic acid groups (broad SMARTS) is 1. The fourth-order valence-electron chi connectivity index (χ4n) is 2.07. The highest BCUT2D eigenvalue weighted by molar-refractivity contribution is 5.92. The van der Waals surface area contributed by atoms with E-state index in [0.717, 1.165) is 12.5 Å². The third-order valence-corrected chi connectivity index (χ3v) is 3.70. The van der Waals surface area contributed by atoms with E-state index >= 15 is 0 Å². The topological polar surface area (TPSA) is 113 Å². The average Bonchev–Trinajstić information content (AvgIpc) is 3.18. The smallest absolute Gasteiger partial charge is 0.337 e. The van der Waals surface area contributed by atoms with E-state index in [4.69, 9.17) is 10.8 Å². The minimum absolute atomic E-state index is 0.260. The molecule has 20 heavy (non-hydrogen) atoms. The van der Waals surface area contributed by atoms with Crippen molar-refractivity contribution in [2.75, 3.05) is 12.3 Å². The number of nitrogen functional groups attached to an aromatic ring is 1. The van der Waals surface area contributed by atoms with Crippen molar-refractivity contribution in [1.29, 1.82) is 0 Å². The number of rotatable bonds is 5. The molecule has 0 spiro atoms. The summed E-state index contributed by atoms with van der Waals surface area (Å²) in [6.07, 6.45) is 1.41. The Morgan fingerprint density at radius 2 is 1.90 bits per heavy atom. The van der Waals surface area contributed by atoms with E-state index in [0.29, 0.717) is 18.5 Å². The van der Waals surface area contributed by atoms with Crippen molar-refractivity contribution in [2.45, 2.75) is 30.8 Å². The van der Waals surface area contributed by atoms with Crippen LogP contribution in [0.25, 0.3) is 0 Å². The van der Waals surface area contributed by atoms with Crippen molar-refractivity contribution < 1.29 is 19.8 Å². The average molecular weight is 278 g/mol. The number of hydrogen-bond acceptors (Lipinski definition) is 4. The SMILES string of the molecule is CC(O)(CNC(=O)C1(c2ccc(N)cc2)CC1)C(=O)O. The fourth-order valence-corrected chi connectivity index (χ4v) is 2.07. The van der Waals surface area contributed by atoms with Crippen LogP contribution in [0.5, 0.6) is 0 Å². The Labute approximate surface area is 116 Å². The third-order valence-electron chi connectivity index (χ3n) is 3.70. The van der Waals surface area contributed by atoms with Gasteiger partial charge in [-0.25, -0.2) is 4.79 Å². The lowest BCUT2D eigenvalue weighted by molar-refractivity contribution is -0.156. The molecule has 1 unspecified atom stereocenters. The molecule has 5 N–H and O–H groups in total. The van der Waals surface area contributed by atoms with Gasteiger partial charge in [0.25, 0.3) is 0 Å². The van der Waals surface area contributed by atoms with Gasteiger partial charge in [-0.3, -0.25) is 4.79 Å². The number of carbonyl (C=O) groups is 2. The standard InChI is InChI=1S/C14H18N2O4/c1-13(20,12(18)19)8-16-11(17)14(6-7-14)9-2-4-10(15)5-3-9/h2-5,20H,6-8,15H2,1H3,(H,16,17)(H,18,19). The molecular formula is C14H18N2O4. The van der Waals surface area contributed by atoms with Crippen LogP contribution in [0.2, 0.25) is 0 Å². The number of amides is 1. The number of carboxylic acids is 1. The molecule has 0 radical (unpaired) electrons. The molecule has 1 aromatic rings. The van der Waals surface area contributed by atoms with Crippen molar-refractivity contribution in [1.82, 2.24) is 5.32 Å². The Hall–Kier alpha value is -2.08. The molecule has 0 bridgehead atoms. The largest absolute Gasteiger partial charge is 0.479 e. The van der Waals surface area contributed by atoms with E-state index in [-0.39, 0.29) is 12.5 Å². The molecule has 0 heterocycles. The van der Waals surface area contributed by atoms with Crippen LogP contribution in [0.3, 0.4) is 0 Å². The fraction of sp³-hybridized carbons (Fsp3) is 0.429. The first-order valence-electron chi connectivity index (χ1n) is 6.38. The van der Waals surface area contributed by atoms with Crippen LogP contribution in [-0.2, 0) is 15.0 Å². The quantitative estimate of drug-likeness (QED) is 0.577. The summed E-state index contributed by atoms with van der Waals surface area (Å²) in [6.45, 7) is 0.830. The molecule has 1 atom stereocenters. The van der Waals surface area contributed by atoms with E-state index in [1.54, 1.807) is 24.3 Å². The minimum atomic E-state index is -1.97. The summed E-state index contributed by atoms with van der Waals surface area (Å²) in [5, 5.41) is 20.9. The molecule has 108 valence electrons. The minimum Gasteiger partial charge on any atom is -0.479 e. The van der Waals surface area contributed by atoms with Gasteiger partial charge in [0.2, 0.25) is 5.91 Å². The lowest BCUT2D eigenvalue weighted by Crippen LogP contribution is -2.48. The highest BCUT2D eigenvalue weighted by Crippen LogP contribution is 2.48. The number of nitrogens with two attached hydrogens (primary N) is 1. The highest BCUT2D eigenvalue weighted by Gasteiger charge is 2.51. The van der Waals surface area contributed by atoms with Crippen molar-refractivity contribution in [3.05, 3.63) is 29.8 Å². The van der Waals surface area contributed by atoms with Gasteiger partial charge in [-0.15, -0.1) is 0 Å².